The highest BCUT2D eigenvalue weighted by Gasteiger charge is 2.21. The SMILES string of the molecule is O=c1[nH]c(-c2cncnc2)nc2c1CN(Cc1cncc(F)c1)CC2. The zero-order valence-electron chi connectivity index (χ0n) is 13.3. The monoisotopic (exact) mass is 338 g/mol. The van der Waals surface area contributed by atoms with Crippen molar-refractivity contribution in [1.82, 2.24) is 29.8 Å². The largest absolute Gasteiger partial charge is 0.306 e. The van der Waals surface area contributed by atoms with Crippen LogP contribution in [0.3, 0.4) is 0 Å². The Balaban J connectivity index is 1.58. The molecule has 0 unspecified atom stereocenters. The lowest BCUT2D eigenvalue weighted by Crippen LogP contribution is -2.35. The molecule has 0 bridgehead atoms. The van der Waals surface area contributed by atoms with Gasteiger partial charge in [0, 0.05) is 44.6 Å². The lowest BCUT2D eigenvalue weighted by molar-refractivity contribution is 0.241. The third-order valence-corrected chi connectivity index (χ3v) is 4.15. The van der Waals surface area contributed by atoms with Crippen LogP contribution in [0.1, 0.15) is 16.8 Å². The minimum atomic E-state index is -0.357. The van der Waals surface area contributed by atoms with Crippen LogP contribution in [-0.2, 0) is 19.5 Å². The van der Waals surface area contributed by atoms with Gasteiger partial charge in [-0.2, -0.15) is 0 Å². The molecule has 4 rings (SSSR count). The molecule has 3 aromatic heterocycles. The molecule has 126 valence electrons. The van der Waals surface area contributed by atoms with E-state index >= 15 is 0 Å². The molecule has 1 N–H and O–H groups in total. The normalized spacial score (nSPS) is 14.3. The molecule has 4 heterocycles. The van der Waals surface area contributed by atoms with Crippen molar-refractivity contribution in [3.05, 3.63) is 70.2 Å². The summed E-state index contributed by atoms with van der Waals surface area (Å²) in [5.74, 6) is 0.122. The highest BCUT2D eigenvalue weighted by atomic mass is 19.1. The molecule has 0 aromatic carbocycles. The summed E-state index contributed by atoms with van der Waals surface area (Å²) >= 11 is 0. The Morgan fingerprint density at radius 2 is 2.00 bits per heavy atom. The molecule has 1 aliphatic rings. The van der Waals surface area contributed by atoms with Gasteiger partial charge in [-0.1, -0.05) is 0 Å². The van der Waals surface area contributed by atoms with E-state index < -0.39 is 0 Å². The van der Waals surface area contributed by atoms with Gasteiger partial charge in [0.2, 0.25) is 0 Å². The zero-order chi connectivity index (χ0) is 17.2. The Bertz CT molecular complexity index is 959. The van der Waals surface area contributed by atoms with Gasteiger partial charge in [0.1, 0.15) is 18.0 Å². The number of aromatic amines is 1. The van der Waals surface area contributed by atoms with Crippen LogP contribution < -0.4 is 5.56 Å². The smallest absolute Gasteiger partial charge is 0.255 e. The Kier molecular flexibility index (Phi) is 4.02. The summed E-state index contributed by atoms with van der Waals surface area (Å²) in [6, 6.07) is 1.46. The second-order valence-corrected chi connectivity index (χ2v) is 5.94. The van der Waals surface area contributed by atoms with Crippen molar-refractivity contribution >= 4 is 0 Å². The highest BCUT2D eigenvalue weighted by molar-refractivity contribution is 5.52. The van der Waals surface area contributed by atoms with E-state index in [0.29, 0.717) is 36.5 Å². The topological polar surface area (TPSA) is 87.7 Å². The van der Waals surface area contributed by atoms with E-state index in [2.05, 4.69) is 29.8 Å². The van der Waals surface area contributed by atoms with Crippen LogP contribution in [0.2, 0.25) is 0 Å². The highest BCUT2D eigenvalue weighted by Crippen LogP contribution is 2.19. The first-order valence-electron chi connectivity index (χ1n) is 7.88. The predicted molar refractivity (Wildman–Crippen MR) is 87.9 cm³/mol. The first kappa shape index (κ1) is 15.5. The summed E-state index contributed by atoms with van der Waals surface area (Å²) in [5.41, 5.74) is 2.74. The van der Waals surface area contributed by atoms with Crippen molar-refractivity contribution in [2.24, 2.45) is 0 Å². The summed E-state index contributed by atoms with van der Waals surface area (Å²) in [6.45, 7) is 1.75. The molecule has 0 atom stereocenters. The fraction of sp³-hybridized carbons (Fsp3) is 0.235. The second-order valence-electron chi connectivity index (χ2n) is 5.94. The number of rotatable bonds is 3. The first-order valence-corrected chi connectivity index (χ1v) is 7.88. The number of pyridine rings is 1. The number of nitrogens with one attached hydrogen (secondary N) is 1. The summed E-state index contributed by atoms with van der Waals surface area (Å²) < 4.78 is 13.3. The standard InChI is InChI=1S/C17H15FN6O/c18-13-3-11(4-19-7-13)8-24-2-1-15-14(9-24)17(25)23-16(22-15)12-5-20-10-21-6-12/h3-7,10H,1-2,8-9H2,(H,22,23,25). The first-order chi connectivity index (χ1) is 12.2. The molecule has 0 saturated carbocycles. The number of nitrogens with zero attached hydrogens (tertiary/aromatic N) is 5. The maximum absolute atomic E-state index is 13.3. The van der Waals surface area contributed by atoms with Crippen LogP contribution in [0.25, 0.3) is 11.4 Å². The van der Waals surface area contributed by atoms with Gasteiger partial charge in [0.15, 0.2) is 0 Å². The molecule has 7 nitrogen and oxygen atoms in total. The van der Waals surface area contributed by atoms with Gasteiger partial charge >= 0.3 is 0 Å². The summed E-state index contributed by atoms with van der Waals surface area (Å²) in [5, 5.41) is 0. The molecule has 1 aliphatic heterocycles. The Labute approximate surface area is 142 Å². The van der Waals surface area contributed by atoms with Gasteiger partial charge in [-0.05, 0) is 11.6 Å². The Morgan fingerprint density at radius 3 is 2.80 bits per heavy atom. The average molecular weight is 338 g/mol. The third-order valence-electron chi connectivity index (χ3n) is 4.15. The second kappa shape index (κ2) is 6.48. The van der Waals surface area contributed by atoms with Gasteiger partial charge in [-0.3, -0.25) is 14.7 Å². The quantitative estimate of drug-likeness (QED) is 0.775. The van der Waals surface area contributed by atoms with Gasteiger partial charge in [-0.15, -0.1) is 0 Å². The van der Waals surface area contributed by atoms with Gasteiger partial charge in [0.05, 0.1) is 23.0 Å². The van der Waals surface area contributed by atoms with Crippen molar-refractivity contribution in [1.29, 1.82) is 0 Å². The lowest BCUT2D eigenvalue weighted by atomic mass is 10.1. The fourth-order valence-corrected chi connectivity index (χ4v) is 2.97. The lowest BCUT2D eigenvalue weighted by Gasteiger charge is -2.27. The summed E-state index contributed by atoms with van der Waals surface area (Å²) in [4.78, 5) is 33.7. The van der Waals surface area contributed by atoms with Crippen LogP contribution in [0, 0.1) is 5.82 Å². The number of aromatic nitrogens is 5. The number of halogens is 1. The van der Waals surface area contributed by atoms with Crippen molar-refractivity contribution in [3.63, 3.8) is 0 Å². The van der Waals surface area contributed by atoms with Gasteiger partial charge < -0.3 is 4.98 Å². The summed E-state index contributed by atoms with van der Waals surface area (Å²) in [7, 11) is 0. The molecule has 3 aromatic rings. The van der Waals surface area contributed by atoms with Crippen molar-refractivity contribution in [3.8, 4) is 11.4 Å². The maximum atomic E-state index is 13.3. The van der Waals surface area contributed by atoms with Crippen LogP contribution in [0.4, 0.5) is 4.39 Å². The molecule has 8 heteroatoms. The van der Waals surface area contributed by atoms with E-state index in [0.717, 1.165) is 17.8 Å². The van der Waals surface area contributed by atoms with Crippen molar-refractivity contribution in [2.75, 3.05) is 6.54 Å². The molecule has 25 heavy (non-hydrogen) atoms. The molecule has 0 spiro atoms. The molecule has 0 aliphatic carbocycles. The predicted octanol–water partition coefficient (Wildman–Crippen LogP) is 1.32. The van der Waals surface area contributed by atoms with Crippen LogP contribution in [-0.4, -0.2) is 36.4 Å². The van der Waals surface area contributed by atoms with E-state index in [1.807, 2.05) is 0 Å². The van der Waals surface area contributed by atoms with E-state index in [4.69, 9.17) is 0 Å². The van der Waals surface area contributed by atoms with Crippen LogP contribution >= 0.6 is 0 Å². The molecule has 0 radical (unpaired) electrons. The number of hydrogen-bond donors (Lipinski definition) is 1. The number of fused-ring (bicyclic) bond motifs is 1. The molecule has 0 saturated heterocycles. The Morgan fingerprint density at radius 1 is 1.16 bits per heavy atom. The minimum absolute atomic E-state index is 0.161. The van der Waals surface area contributed by atoms with Crippen molar-refractivity contribution < 1.29 is 4.39 Å². The van der Waals surface area contributed by atoms with Gasteiger partial charge in [-0.25, -0.2) is 19.3 Å². The van der Waals surface area contributed by atoms with E-state index in [1.165, 1.54) is 18.6 Å². The van der Waals surface area contributed by atoms with E-state index in [1.54, 1.807) is 18.6 Å². The number of H-pyrrole nitrogens is 1. The number of hydrogen-bond acceptors (Lipinski definition) is 6. The summed E-state index contributed by atoms with van der Waals surface area (Å²) in [6.07, 6.45) is 8.13. The maximum Gasteiger partial charge on any atom is 0.255 e. The van der Waals surface area contributed by atoms with Gasteiger partial charge in [0.25, 0.3) is 5.56 Å². The molecule has 0 amide bonds. The Hall–Kier alpha value is -3.00. The van der Waals surface area contributed by atoms with Crippen LogP contribution in [0.5, 0.6) is 0 Å². The third kappa shape index (κ3) is 3.29. The fourth-order valence-electron chi connectivity index (χ4n) is 2.97. The van der Waals surface area contributed by atoms with E-state index in [9.17, 15) is 9.18 Å². The van der Waals surface area contributed by atoms with E-state index in [-0.39, 0.29) is 11.4 Å². The van der Waals surface area contributed by atoms with Crippen molar-refractivity contribution in [2.45, 2.75) is 19.5 Å². The molecular formula is C17H15FN6O. The average Bonchev–Trinajstić information content (AvgIpc) is 2.63. The zero-order valence-corrected chi connectivity index (χ0v) is 13.3. The molecule has 0 fully saturated rings. The molecular weight excluding hydrogens is 323 g/mol. The minimum Gasteiger partial charge on any atom is -0.306 e. The van der Waals surface area contributed by atoms with Crippen LogP contribution in [0.15, 0.2) is 42.0 Å².